The number of rotatable bonds is 1. The Bertz CT molecular complexity index is 963. The van der Waals surface area contributed by atoms with Gasteiger partial charge in [-0.05, 0) is 24.3 Å². The van der Waals surface area contributed by atoms with Crippen LogP contribution in [0.4, 0.5) is 0 Å². The average Bonchev–Trinajstić information content (AvgIpc) is 2.85. The predicted molar refractivity (Wildman–Crippen MR) is 76.5 cm³/mol. The Kier molecular flexibility index (Phi) is 2.20. The topological polar surface area (TPSA) is 63.1 Å². The van der Waals surface area contributed by atoms with Crippen LogP contribution in [0.15, 0.2) is 59.7 Å². The molecular weight excluding hydrogens is 252 g/mol. The molecule has 0 aliphatic heterocycles. The van der Waals surface area contributed by atoms with Crippen molar-refractivity contribution in [1.29, 1.82) is 0 Å². The summed E-state index contributed by atoms with van der Waals surface area (Å²) < 4.78 is 1.95. The fourth-order valence-electron chi connectivity index (χ4n) is 2.28. The summed E-state index contributed by atoms with van der Waals surface area (Å²) in [5, 5.41) is 0. The zero-order valence-electron chi connectivity index (χ0n) is 10.4. The summed E-state index contributed by atoms with van der Waals surface area (Å²) in [6.07, 6.45) is 3.60. The highest BCUT2D eigenvalue weighted by molar-refractivity contribution is 5.79. The number of hydrogen-bond acceptors (Lipinski definition) is 3. The Balaban J connectivity index is 1.96. The lowest BCUT2D eigenvalue weighted by Crippen LogP contribution is -2.02. The largest absolute Gasteiger partial charge is 0.328 e. The number of para-hydroxylation sites is 2. The number of benzene rings is 1. The van der Waals surface area contributed by atoms with E-state index in [0.29, 0.717) is 5.78 Å². The molecule has 1 aromatic carbocycles. The van der Waals surface area contributed by atoms with E-state index < -0.39 is 0 Å². The van der Waals surface area contributed by atoms with Crippen LogP contribution in [0.1, 0.15) is 0 Å². The van der Waals surface area contributed by atoms with E-state index in [1.165, 1.54) is 6.07 Å². The Morgan fingerprint density at radius 2 is 1.90 bits per heavy atom. The van der Waals surface area contributed by atoms with Crippen LogP contribution >= 0.6 is 0 Å². The summed E-state index contributed by atoms with van der Waals surface area (Å²) in [5.74, 6) is 0.648. The summed E-state index contributed by atoms with van der Waals surface area (Å²) in [5.41, 5.74) is 3.46. The molecule has 5 nitrogen and oxygen atoms in total. The molecule has 0 fully saturated rings. The molecule has 0 atom stereocenters. The molecule has 96 valence electrons. The molecule has 3 heterocycles. The molecular formula is C15H10N4O. The molecule has 3 aromatic heterocycles. The van der Waals surface area contributed by atoms with Crippen LogP contribution in [0.5, 0.6) is 0 Å². The SMILES string of the molecule is O=c1ccc(-c2ccn3c(n2)nc2ccccc23)c[nH]1. The molecule has 1 N–H and O–H groups in total. The van der Waals surface area contributed by atoms with Crippen LogP contribution in [0, 0.1) is 0 Å². The molecule has 0 radical (unpaired) electrons. The van der Waals surface area contributed by atoms with E-state index >= 15 is 0 Å². The molecule has 0 amide bonds. The number of nitrogens with one attached hydrogen (secondary N) is 1. The maximum Gasteiger partial charge on any atom is 0.247 e. The third-order valence-corrected chi connectivity index (χ3v) is 3.26. The lowest BCUT2D eigenvalue weighted by molar-refractivity contribution is 1.13. The molecule has 0 aliphatic carbocycles. The third-order valence-electron chi connectivity index (χ3n) is 3.26. The highest BCUT2D eigenvalue weighted by atomic mass is 16.1. The second-order valence-electron chi connectivity index (χ2n) is 4.52. The fourth-order valence-corrected chi connectivity index (χ4v) is 2.28. The smallest absolute Gasteiger partial charge is 0.247 e. The first-order valence-electron chi connectivity index (χ1n) is 6.24. The summed E-state index contributed by atoms with van der Waals surface area (Å²) in [6.45, 7) is 0. The molecule has 0 saturated heterocycles. The van der Waals surface area contributed by atoms with E-state index in [4.69, 9.17) is 0 Å². The number of H-pyrrole nitrogens is 1. The quantitative estimate of drug-likeness (QED) is 0.572. The molecule has 4 aromatic rings. The summed E-state index contributed by atoms with van der Waals surface area (Å²) in [4.78, 5) is 22.8. The van der Waals surface area contributed by atoms with Crippen molar-refractivity contribution in [3.05, 3.63) is 65.2 Å². The fraction of sp³-hybridized carbons (Fsp3) is 0. The third kappa shape index (κ3) is 1.60. The van der Waals surface area contributed by atoms with E-state index in [-0.39, 0.29) is 5.56 Å². The second-order valence-corrected chi connectivity index (χ2v) is 4.52. The van der Waals surface area contributed by atoms with Crippen LogP contribution in [0.25, 0.3) is 28.1 Å². The summed E-state index contributed by atoms with van der Waals surface area (Å²) in [6, 6.07) is 13.1. The normalized spacial score (nSPS) is 11.2. The van der Waals surface area contributed by atoms with Gasteiger partial charge in [0.15, 0.2) is 0 Å². The summed E-state index contributed by atoms with van der Waals surface area (Å²) in [7, 11) is 0. The Hall–Kier alpha value is -2.95. The minimum absolute atomic E-state index is 0.124. The predicted octanol–water partition coefficient (Wildman–Crippen LogP) is 2.24. The number of aromatic nitrogens is 4. The minimum Gasteiger partial charge on any atom is -0.328 e. The molecule has 0 aliphatic rings. The van der Waals surface area contributed by atoms with Crippen LogP contribution in [-0.2, 0) is 0 Å². The van der Waals surface area contributed by atoms with Gasteiger partial charge >= 0.3 is 0 Å². The molecule has 0 saturated carbocycles. The Morgan fingerprint density at radius 3 is 2.75 bits per heavy atom. The van der Waals surface area contributed by atoms with Gasteiger partial charge in [-0.1, -0.05) is 12.1 Å². The van der Waals surface area contributed by atoms with Gasteiger partial charge in [0, 0.05) is 24.0 Å². The van der Waals surface area contributed by atoms with Gasteiger partial charge in [-0.2, -0.15) is 0 Å². The van der Waals surface area contributed by atoms with Crippen LogP contribution < -0.4 is 5.56 Å². The van der Waals surface area contributed by atoms with Gasteiger partial charge in [0.2, 0.25) is 11.3 Å². The standard InChI is InChI=1S/C15H10N4O/c20-14-6-5-10(9-16-14)11-7-8-19-13-4-2-1-3-12(13)18-15(19)17-11/h1-9H,(H,16,20). The first-order valence-corrected chi connectivity index (χ1v) is 6.24. The Morgan fingerprint density at radius 1 is 1.00 bits per heavy atom. The van der Waals surface area contributed by atoms with Crippen molar-refractivity contribution in [3.8, 4) is 11.3 Å². The van der Waals surface area contributed by atoms with Crippen molar-refractivity contribution in [2.45, 2.75) is 0 Å². The number of fused-ring (bicyclic) bond motifs is 3. The van der Waals surface area contributed by atoms with Crippen LogP contribution in [0.2, 0.25) is 0 Å². The van der Waals surface area contributed by atoms with Crippen molar-refractivity contribution in [1.82, 2.24) is 19.4 Å². The zero-order chi connectivity index (χ0) is 13.5. The lowest BCUT2D eigenvalue weighted by Gasteiger charge is -2.00. The van der Waals surface area contributed by atoms with Crippen molar-refractivity contribution in [3.63, 3.8) is 0 Å². The molecule has 5 heteroatoms. The van der Waals surface area contributed by atoms with Gasteiger partial charge in [-0.3, -0.25) is 9.20 Å². The zero-order valence-corrected chi connectivity index (χ0v) is 10.4. The highest BCUT2D eigenvalue weighted by Crippen LogP contribution is 2.19. The number of nitrogens with zero attached hydrogens (tertiary/aromatic N) is 3. The van der Waals surface area contributed by atoms with Crippen molar-refractivity contribution in [2.24, 2.45) is 0 Å². The average molecular weight is 262 g/mol. The number of aromatic amines is 1. The van der Waals surface area contributed by atoms with E-state index in [2.05, 4.69) is 15.0 Å². The molecule has 0 bridgehead atoms. The minimum atomic E-state index is -0.124. The monoisotopic (exact) mass is 262 g/mol. The van der Waals surface area contributed by atoms with Crippen molar-refractivity contribution < 1.29 is 0 Å². The molecule has 0 unspecified atom stereocenters. The van der Waals surface area contributed by atoms with E-state index in [9.17, 15) is 4.79 Å². The highest BCUT2D eigenvalue weighted by Gasteiger charge is 2.06. The summed E-state index contributed by atoms with van der Waals surface area (Å²) >= 11 is 0. The van der Waals surface area contributed by atoms with Crippen LogP contribution in [-0.4, -0.2) is 19.4 Å². The van der Waals surface area contributed by atoms with E-state index in [1.807, 2.05) is 40.9 Å². The van der Waals surface area contributed by atoms with Gasteiger partial charge in [-0.25, -0.2) is 9.97 Å². The van der Waals surface area contributed by atoms with E-state index in [1.54, 1.807) is 12.3 Å². The number of pyridine rings is 1. The van der Waals surface area contributed by atoms with Gasteiger partial charge in [0.1, 0.15) is 0 Å². The van der Waals surface area contributed by atoms with Gasteiger partial charge in [-0.15, -0.1) is 0 Å². The molecule has 0 spiro atoms. The number of imidazole rings is 1. The van der Waals surface area contributed by atoms with Gasteiger partial charge in [0.05, 0.1) is 16.7 Å². The Labute approximate surface area is 113 Å². The lowest BCUT2D eigenvalue weighted by atomic mass is 10.2. The van der Waals surface area contributed by atoms with Crippen molar-refractivity contribution >= 4 is 16.8 Å². The number of hydrogen-bond donors (Lipinski definition) is 1. The second kappa shape index (κ2) is 4.03. The molecule has 4 rings (SSSR count). The van der Waals surface area contributed by atoms with Gasteiger partial charge < -0.3 is 4.98 Å². The van der Waals surface area contributed by atoms with E-state index in [0.717, 1.165) is 22.3 Å². The maximum atomic E-state index is 11.1. The van der Waals surface area contributed by atoms with Crippen molar-refractivity contribution in [2.75, 3.05) is 0 Å². The van der Waals surface area contributed by atoms with Gasteiger partial charge in [0.25, 0.3) is 0 Å². The first-order chi connectivity index (χ1) is 9.81. The first kappa shape index (κ1) is 10.9. The molecule has 20 heavy (non-hydrogen) atoms. The van der Waals surface area contributed by atoms with Crippen LogP contribution in [0.3, 0.4) is 0 Å². The maximum absolute atomic E-state index is 11.1.